The van der Waals surface area contributed by atoms with Gasteiger partial charge in [-0.1, -0.05) is 33.3 Å². The lowest BCUT2D eigenvalue weighted by molar-refractivity contribution is -0.131. The van der Waals surface area contributed by atoms with Crippen molar-refractivity contribution < 1.29 is 18.7 Å². The van der Waals surface area contributed by atoms with Crippen LogP contribution in [0, 0.1) is 35.3 Å². The predicted molar refractivity (Wildman–Crippen MR) is 86.8 cm³/mol. The highest BCUT2D eigenvalue weighted by Gasteiger charge is 2.34. The lowest BCUT2D eigenvalue weighted by Gasteiger charge is -2.39. The Morgan fingerprint density at radius 2 is 1.96 bits per heavy atom. The van der Waals surface area contributed by atoms with Crippen molar-refractivity contribution in [3.8, 4) is 0 Å². The zero-order chi connectivity index (χ0) is 17.1. The predicted octanol–water partition coefficient (Wildman–Crippen LogP) is 5.14. The molecule has 0 spiro atoms. The first-order valence-corrected chi connectivity index (χ1v) is 8.19. The summed E-state index contributed by atoms with van der Waals surface area (Å²) in [5.41, 5.74) is 1.08. The molecule has 126 valence electrons. The van der Waals surface area contributed by atoms with Gasteiger partial charge in [0, 0.05) is 6.08 Å². The molecule has 0 heterocycles. The molecule has 23 heavy (non-hydrogen) atoms. The van der Waals surface area contributed by atoms with Crippen molar-refractivity contribution in [1.82, 2.24) is 0 Å². The van der Waals surface area contributed by atoms with Crippen molar-refractivity contribution in [3.05, 3.63) is 41.5 Å². The summed E-state index contributed by atoms with van der Waals surface area (Å²) >= 11 is 0. The van der Waals surface area contributed by atoms with E-state index >= 15 is 0 Å². The molecule has 1 aromatic rings. The number of benzene rings is 1. The third-order valence-electron chi connectivity index (χ3n) is 4.95. The molecule has 3 atom stereocenters. The van der Waals surface area contributed by atoms with Crippen molar-refractivity contribution in [3.63, 3.8) is 0 Å². The summed E-state index contributed by atoms with van der Waals surface area (Å²) in [5.74, 6) is -1.59. The molecule has 0 saturated heterocycles. The lowest BCUT2D eigenvalue weighted by atomic mass is 9.66. The first-order chi connectivity index (χ1) is 10.8. The third-order valence-corrected chi connectivity index (χ3v) is 4.95. The van der Waals surface area contributed by atoms with Crippen LogP contribution < -0.4 is 0 Å². The molecule has 0 unspecified atom stereocenters. The number of hydrogen-bond donors (Lipinski definition) is 1. The van der Waals surface area contributed by atoms with Crippen LogP contribution in [0.25, 0.3) is 5.57 Å². The van der Waals surface area contributed by atoms with Gasteiger partial charge in [0.1, 0.15) is 0 Å². The van der Waals surface area contributed by atoms with Gasteiger partial charge in [-0.15, -0.1) is 0 Å². The number of aliphatic carboxylic acids is 1. The minimum atomic E-state index is -1.05. The molecule has 0 radical (unpaired) electrons. The molecule has 1 aliphatic carbocycles. The maximum atomic E-state index is 13.6. The Balaban J connectivity index is 2.48. The van der Waals surface area contributed by atoms with Gasteiger partial charge in [0.25, 0.3) is 0 Å². The molecule has 1 saturated carbocycles. The monoisotopic (exact) mass is 322 g/mol. The van der Waals surface area contributed by atoms with Gasteiger partial charge < -0.3 is 5.11 Å². The molecule has 1 aromatic carbocycles. The van der Waals surface area contributed by atoms with Crippen LogP contribution in [0.2, 0.25) is 0 Å². The fourth-order valence-corrected chi connectivity index (χ4v) is 3.77. The largest absolute Gasteiger partial charge is 0.478 e. The Hall–Kier alpha value is -1.71. The second kappa shape index (κ2) is 7.24. The lowest BCUT2D eigenvalue weighted by Crippen LogP contribution is -2.29. The summed E-state index contributed by atoms with van der Waals surface area (Å²) in [6, 6.07) is 3.65. The molecule has 0 bridgehead atoms. The van der Waals surface area contributed by atoms with E-state index in [9.17, 15) is 18.7 Å². The molecule has 1 fully saturated rings. The van der Waals surface area contributed by atoms with Gasteiger partial charge in [-0.3, -0.25) is 0 Å². The number of halogens is 2. The van der Waals surface area contributed by atoms with Crippen molar-refractivity contribution >= 4 is 11.5 Å². The molecule has 0 amide bonds. The molecule has 1 N–H and O–H groups in total. The van der Waals surface area contributed by atoms with Crippen molar-refractivity contribution in [2.24, 2.45) is 23.7 Å². The van der Waals surface area contributed by atoms with Gasteiger partial charge in [-0.05, 0) is 59.8 Å². The summed E-state index contributed by atoms with van der Waals surface area (Å²) in [5, 5.41) is 9.25. The van der Waals surface area contributed by atoms with Gasteiger partial charge in [-0.25, -0.2) is 13.6 Å². The zero-order valence-corrected chi connectivity index (χ0v) is 13.9. The highest BCUT2D eigenvalue weighted by Crippen LogP contribution is 2.44. The summed E-state index contributed by atoms with van der Waals surface area (Å²) in [4.78, 5) is 11.3. The molecule has 0 aliphatic heterocycles. The summed E-state index contributed by atoms with van der Waals surface area (Å²) in [6.45, 7) is 6.43. The van der Waals surface area contributed by atoms with Crippen LogP contribution >= 0.6 is 0 Å². The van der Waals surface area contributed by atoms with E-state index in [1.165, 1.54) is 12.1 Å². The Bertz CT molecular complexity index is 607. The van der Waals surface area contributed by atoms with E-state index in [0.717, 1.165) is 31.4 Å². The third kappa shape index (κ3) is 4.18. The van der Waals surface area contributed by atoms with Crippen LogP contribution in [0.1, 0.15) is 45.6 Å². The number of hydrogen-bond acceptors (Lipinski definition) is 1. The van der Waals surface area contributed by atoms with Crippen LogP contribution in [0.15, 0.2) is 24.3 Å². The van der Waals surface area contributed by atoms with E-state index in [1.807, 2.05) is 0 Å². The van der Waals surface area contributed by atoms with Gasteiger partial charge >= 0.3 is 5.97 Å². The quantitative estimate of drug-likeness (QED) is 0.779. The van der Waals surface area contributed by atoms with Gasteiger partial charge in [-0.2, -0.15) is 0 Å². The van der Waals surface area contributed by atoms with E-state index < -0.39 is 17.6 Å². The fraction of sp³-hybridized carbons (Fsp3) is 0.526. The zero-order valence-electron chi connectivity index (χ0n) is 13.9. The highest BCUT2D eigenvalue weighted by molar-refractivity contribution is 5.90. The first kappa shape index (κ1) is 17.6. The minimum Gasteiger partial charge on any atom is -0.478 e. The maximum absolute atomic E-state index is 13.6. The maximum Gasteiger partial charge on any atom is 0.328 e. The van der Waals surface area contributed by atoms with Crippen LogP contribution in [0.3, 0.4) is 0 Å². The second-order valence-corrected chi connectivity index (χ2v) is 7.00. The average Bonchev–Trinajstić information content (AvgIpc) is 2.47. The Morgan fingerprint density at radius 1 is 1.26 bits per heavy atom. The minimum absolute atomic E-state index is 0.0553. The summed E-state index contributed by atoms with van der Waals surface area (Å²) in [6.07, 6.45) is 4.20. The normalized spacial score (nSPS) is 25.7. The summed E-state index contributed by atoms with van der Waals surface area (Å²) < 4.78 is 26.8. The van der Waals surface area contributed by atoms with Crippen LogP contribution in [-0.4, -0.2) is 11.1 Å². The van der Waals surface area contributed by atoms with Crippen LogP contribution in [-0.2, 0) is 4.79 Å². The topological polar surface area (TPSA) is 37.3 Å². The van der Waals surface area contributed by atoms with Gasteiger partial charge in [0.2, 0.25) is 0 Å². The highest BCUT2D eigenvalue weighted by atomic mass is 19.2. The number of rotatable bonds is 4. The first-order valence-electron chi connectivity index (χ1n) is 8.19. The van der Waals surface area contributed by atoms with E-state index in [0.29, 0.717) is 28.9 Å². The van der Waals surface area contributed by atoms with Crippen LogP contribution in [0.5, 0.6) is 0 Å². The molecule has 2 rings (SSSR count). The molecule has 4 heteroatoms. The van der Waals surface area contributed by atoms with Crippen molar-refractivity contribution in [1.29, 1.82) is 0 Å². The number of allylic oxidation sites excluding steroid dienone is 1. The Labute approximate surface area is 136 Å². The second-order valence-electron chi connectivity index (χ2n) is 7.00. The van der Waals surface area contributed by atoms with Crippen molar-refractivity contribution in [2.45, 2.75) is 40.0 Å². The number of carboxylic acids is 1. The van der Waals surface area contributed by atoms with Gasteiger partial charge in [0.05, 0.1) is 0 Å². The number of carboxylic acid groups (broad SMARTS) is 1. The average molecular weight is 322 g/mol. The Morgan fingerprint density at radius 3 is 2.52 bits per heavy atom. The smallest absolute Gasteiger partial charge is 0.328 e. The number of carbonyl (C=O) groups is 1. The molecular formula is C19H24F2O2. The van der Waals surface area contributed by atoms with E-state index in [4.69, 9.17) is 0 Å². The van der Waals surface area contributed by atoms with Crippen molar-refractivity contribution in [2.75, 3.05) is 0 Å². The fourth-order valence-electron chi connectivity index (χ4n) is 3.77. The summed E-state index contributed by atoms with van der Waals surface area (Å²) in [7, 11) is 0. The Kier molecular flexibility index (Phi) is 5.55. The molecule has 2 nitrogen and oxygen atoms in total. The molecular weight excluding hydrogens is 298 g/mol. The standard InChI is InChI=1S/C19H24F2O2/c1-11(2)14-6-4-12(3)8-16(14)15(10-19(22)23)13-5-7-17(20)18(21)9-13/h5,7,9-12,14,16H,4,6,8H2,1-3H3,(H,22,23)/t12-,14+,16-/m1/s1. The van der Waals surface area contributed by atoms with Crippen LogP contribution in [0.4, 0.5) is 8.78 Å². The molecule has 1 aliphatic rings. The van der Waals surface area contributed by atoms with E-state index in [1.54, 1.807) is 0 Å². The van der Waals surface area contributed by atoms with E-state index in [2.05, 4.69) is 20.8 Å². The van der Waals surface area contributed by atoms with E-state index in [-0.39, 0.29) is 5.92 Å². The van der Waals surface area contributed by atoms with Gasteiger partial charge in [0.15, 0.2) is 11.6 Å². The SMILES string of the molecule is CC(C)[C@@H]1CC[C@@H](C)C[C@H]1C(=CC(=O)O)c1ccc(F)c(F)c1. The molecule has 0 aromatic heterocycles.